The third-order valence-electron chi connectivity index (χ3n) is 3.01. The largest absolute Gasteiger partial charge is 0.488 e. The molecule has 0 fully saturated rings. The summed E-state index contributed by atoms with van der Waals surface area (Å²) < 4.78 is 12.7. The highest BCUT2D eigenvalue weighted by Crippen LogP contribution is 2.26. The standard InChI is InChI=1S/C16H10Br2O3/c17-11-5-6-12-10(7-16(19)21-15(12)8-11)9-20-14-4-2-1-3-13(14)18/h1-8H,9H2. The number of para-hydroxylation sites is 1. The first-order chi connectivity index (χ1) is 10.1. The molecule has 3 rings (SSSR count). The highest BCUT2D eigenvalue weighted by Gasteiger charge is 2.08. The van der Waals surface area contributed by atoms with Crippen molar-refractivity contribution in [3.05, 3.63) is 73.5 Å². The van der Waals surface area contributed by atoms with Crippen molar-refractivity contribution in [3.63, 3.8) is 0 Å². The van der Waals surface area contributed by atoms with E-state index in [-0.39, 0.29) is 5.63 Å². The van der Waals surface area contributed by atoms with Crippen LogP contribution in [0.15, 0.2) is 66.7 Å². The Morgan fingerprint density at radius 2 is 1.86 bits per heavy atom. The minimum absolute atomic E-state index is 0.298. The van der Waals surface area contributed by atoms with Gasteiger partial charge in [0.1, 0.15) is 17.9 Å². The number of benzene rings is 2. The van der Waals surface area contributed by atoms with E-state index in [0.29, 0.717) is 12.2 Å². The second-order valence-corrected chi connectivity index (χ2v) is 6.22. The lowest BCUT2D eigenvalue weighted by atomic mass is 10.1. The van der Waals surface area contributed by atoms with Gasteiger partial charge in [-0.3, -0.25) is 0 Å². The molecule has 0 N–H and O–H groups in total. The van der Waals surface area contributed by atoms with Gasteiger partial charge < -0.3 is 9.15 Å². The molecule has 5 heteroatoms. The number of ether oxygens (including phenoxy) is 1. The summed E-state index contributed by atoms with van der Waals surface area (Å²) in [4.78, 5) is 11.6. The molecule has 3 nitrogen and oxygen atoms in total. The molecule has 0 unspecified atom stereocenters. The SMILES string of the molecule is O=c1cc(COc2ccccc2Br)c2ccc(Br)cc2o1. The third-order valence-corrected chi connectivity index (χ3v) is 4.16. The Kier molecular flexibility index (Phi) is 4.12. The molecule has 0 atom stereocenters. The number of rotatable bonds is 3. The molecule has 106 valence electrons. The second kappa shape index (κ2) is 6.03. The number of hydrogen-bond acceptors (Lipinski definition) is 3. The molecule has 2 aromatic carbocycles. The van der Waals surface area contributed by atoms with Crippen LogP contribution in [0, 0.1) is 0 Å². The van der Waals surface area contributed by atoms with Gasteiger partial charge in [0.25, 0.3) is 0 Å². The highest BCUT2D eigenvalue weighted by molar-refractivity contribution is 9.10. The molecule has 0 aliphatic carbocycles. The summed E-state index contributed by atoms with van der Waals surface area (Å²) in [5.74, 6) is 0.732. The summed E-state index contributed by atoms with van der Waals surface area (Å²) in [7, 11) is 0. The maximum atomic E-state index is 11.6. The van der Waals surface area contributed by atoms with Crippen LogP contribution >= 0.6 is 31.9 Å². The van der Waals surface area contributed by atoms with Crippen molar-refractivity contribution in [2.45, 2.75) is 6.61 Å². The van der Waals surface area contributed by atoms with Crippen molar-refractivity contribution in [3.8, 4) is 5.75 Å². The maximum Gasteiger partial charge on any atom is 0.336 e. The molecular weight excluding hydrogens is 400 g/mol. The maximum absolute atomic E-state index is 11.6. The van der Waals surface area contributed by atoms with Crippen LogP contribution in [0.4, 0.5) is 0 Å². The van der Waals surface area contributed by atoms with Crippen molar-refractivity contribution in [2.24, 2.45) is 0 Å². The minimum Gasteiger partial charge on any atom is -0.488 e. The van der Waals surface area contributed by atoms with Gasteiger partial charge in [-0.05, 0) is 46.3 Å². The molecule has 1 heterocycles. The monoisotopic (exact) mass is 408 g/mol. The lowest BCUT2D eigenvalue weighted by Gasteiger charge is -2.09. The van der Waals surface area contributed by atoms with Crippen LogP contribution in [0.5, 0.6) is 5.75 Å². The van der Waals surface area contributed by atoms with Gasteiger partial charge in [-0.25, -0.2) is 4.79 Å². The lowest BCUT2D eigenvalue weighted by Crippen LogP contribution is -2.04. The minimum atomic E-state index is -0.383. The second-order valence-electron chi connectivity index (χ2n) is 4.45. The van der Waals surface area contributed by atoms with E-state index in [4.69, 9.17) is 9.15 Å². The predicted molar refractivity (Wildman–Crippen MR) is 88.7 cm³/mol. The van der Waals surface area contributed by atoms with Crippen LogP contribution in [0.3, 0.4) is 0 Å². The van der Waals surface area contributed by atoms with E-state index >= 15 is 0 Å². The Balaban J connectivity index is 1.97. The molecule has 21 heavy (non-hydrogen) atoms. The van der Waals surface area contributed by atoms with Gasteiger partial charge in [0.2, 0.25) is 0 Å². The molecule has 0 saturated heterocycles. The quantitative estimate of drug-likeness (QED) is 0.577. The first kappa shape index (κ1) is 14.4. The molecule has 0 aliphatic heterocycles. The van der Waals surface area contributed by atoms with Gasteiger partial charge in [-0.1, -0.05) is 28.1 Å². The average molecular weight is 410 g/mol. The van der Waals surface area contributed by atoms with E-state index < -0.39 is 0 Å². The van der Waals surface area contributed by atoms with Crippen LogP contribution < -0.4 is 10.4 Å². The smallest absolute Gasteiger partial charge is 0.336 e. The number of halogens is 2. The Morgan fingerprint density at radius 3 is 2.67 bits per heavy atom. The van der Waals surface area contributed by atoms with Gasteiger partial charge in [-0.2, -0.15) is 0 Å². The molecule has 0 saturated carbocycles. The van der Waals surface area contributed by atoms with E-state index in [0.717, 1.165) is 25.6 Å². The molecule has 0 aliphatic rings. The van der Waals surface area contributed by atoms with Crippen molar-refractivity contribution in [1.82, 2.24) is 0 Å². The average Bonchev–Trinajstić information content (AvgIpc) is 2.45. The van der Waals surface area contributed by atoms with Crippen LogP contribution in [0.25, 0.3) is 11.0 Å². The Bertz CT molecular complexity index is 856. The van der Waals surface area contributed by atoms with E-state index in [2.05, 4.69) is 31.9 Å². The predicted octanol–water partition coefficient (Wildman–Crippen LogP) is 4.90. The Hall–Kier alpha value is -1.59. The summed E-state index contributed by atoms with van der Waals surface area (Å²) in [5.41, 5.74) is 0.957. The van der Waals surface area contributed by atoms with Crippen LogP contribution in [0.2, 0.25) is 0 Å². The summed E-state index contributed by atoms with van der Waals surface area (Å²) >= 11 is 6.80. The first-order valence-corrected chi connectivity index (χ1v) is 7.82. The first-order valence-electron chi connectivity index (χ1n) is 6.23. The van der Waals surface area contributed by atoms with Crippen molar-refractivity contribution < 1.29 is 9.15 Å². The highest BCUT2D eigenvalue weighted by atomic mass is 79.9. The topological polar surface area (TPSA) is 39.4 Å². The van der Waals surface area contributed by atoms with Crippen LogP contribution in [0.1, 0.15) is 5.56 Å². The zero-order valence-electron chi connectivity index (χ0n) is 10.8. The van der Waals surface area contributed by atoms with E-state index in [1.54, 1.807) is 6.07 Å². The lowest BCUT2D eigenvalue weighted by molar-refractivity contribution is 0.304. The van der Waals surface area contributed by atoms with Gasteiger partial charge in [0.15, 0.2) is 0 Å². The molecule has 0 spiro atoms. The fraction of sp³-hybridized carbons (Fsp3) is 0.0625. The van der Waals surface area contributed by atoms with Crippen molar-refractivity contribution >= 4 is 42.8 Å². The molecule has 3 aromatic rings. The molecule has 0 bridgehead atoms. The Labute approximate surface area is 137 Å². The fourth-order valence-electron chi connectivity index (χ4n) is 2.04. The zero-order valence-corrected chi connectivity index (χ0v) is 14.0. The summed E-state index contributed by atoms with van der Waals surface area (Å²) in [6, 6.07) is 14.6. The van der Waals surface area contributed by atoms with Gasteiger partial charge in [0.05, 0.1) is 4.47 Å². The van der Waals surface area contributed by atoms with Gasteiger partial charge in [0, 0.05) is 21.5 Å². The van der Waals surface area contributed by atoms with E-state index in [1.807, 2.05) is 36.4 Å². The molecule has 1 aromatic heterocycles. The van der Waals surface area contributed by atoms with Crippen molar-refractivity contribution in [2.75, 3.05) is 0 Å². The van der Waals surface area contributed by atoms with E-state index in [1.165, 1.54) is 6.07 Å². The third kappa shape index (κ3) is 3.19. The van der Waals surface area contributed by atoms with E-state index in [9.17, 15) is 4.79 Å². The van der Waals surface area contributed by atoms with Crippen LogP contribution in [-0.4, -0.2) is 0 Å². The summed E-state index contributed by atoms with van der Waals surface area (Å²) in [6.45, 7) is 0.298. The van der Waals surface area contributed by atoms with Gasteiger partial charge >= 0.3 is 5.63 Å². The number of fused-ring (bicyclic) bond motifs is 1. The van der Waals surface area contributed by atoms with Gasteiger partial charge in [-0.15, -0.1) is 0 Å². The number of hydrogen-bond donors (Lipinski definition) is 0. The van der Waals surface area contributed by atoms with Crippen molar-refractivity contribution in [1.29, 1.82) is 0 Å². The summed E-state index contributed by atoms with van der Waals surface area (Å²) in [5, 5.41) is 0.866. The fourth-order valence-corrected chi connectivity index (χ4v) is 2.78. The normalized spacial score (nSPS) is 10.8. The zero-order chi connectivity index (χ0) is 14.8. The molecule has 0 radical (unpaired) electrons. The molecule has 0 amide bonds. The summed E-state index contributed by atoms with van der Waals surface area (Å²) in [6.07, 6.45) is 0. The Morgan fingerprint density at radius 1 is 1.05 bits per heavy atom. The molecular formula is C16H10Br2O3. The van der Waals surface area contributed by atoms with Crippen LogP contribution in [-0.2, 0) is 6.61 Å².